The number of ketones is 1. The van der Waals surface area contributed by atoms with Crippen molar-refractivity contribution in [3.8, 4) is 0 Å². The third-order valence-electron chi connectivity index (χ3n) is 3.47. The summed E-state index contributed by atoms with van der Waals surface area (Å²) in [5, 5.41) is 15.4. The van der Waals surface area contributed by atoms with Crippen LogP contribution in [0.25, 0.3) is 6.08 Å². The largest absolute Gasteiger partial charge is 0.460 e. The number of allylic oxidation sites excluding steroid dienone is 1. The van der Waals surface area contributed by atoms with Crippen molar-refractivity contribution in [1.29, 1.82) is 0 Å². The lowest BCUT2D eigenvalue weighted by atomic mass is 10.1. The molecule has 7 nitrogen and oxygen atoms in total. The number of carbonyl (C=O) groups excluding carboxylic acids is 1. The van der Waals surface area contributed by atoms with Crippen LogP contribution < -0.4 is 0 Å². The second-order valence-electron chi connectivity index (χ2n) is 5.38. The normalized spacial score (nSPS) is 11.2. The fourth-order valence-corrected chi connectivity index (χ4v) is 3.22. The van der Waals surface area contributed by atoms with E-state index in [1.54, 1.807) is 24.3 Å². The van der Waals surface area contributed by atoms with E-state index >= 15 is 0 Å². The maximum absolute atomic E-state index is 12.2. The number of carbonyl (C=O) groups is 1. The molecule has 138 valence electrons. The summed E-state index contributed by atoms with van der Waals surface area (Å²) in [6, 6.07) is 8.00. The summed E-state index contributed by atoms with van der Waals surface area (Å²) in [6.45, 7) is 0.206. The first kappa shape index (κ1) is 19.3. The third-order valence-corrected chi connectivity index (χ3v) is 4.58. The molecule has 0 amide bonds. The lowest BCUT2D eigenvalue weighted by molar-refractivity contribution is -0.390. The minimum Gasteiger partial charge on any atom is -0.460 e. The Balaban J connectivity index is 1.70. The molecule has 0 fully saturated rings. The van der Waals surface area contributed by atoms with Gasteiger partial charge in [-0.3, -0.25) is 4.79 Å². The molecular formula is C17H10BrCl2N3O4. The van der Waals surface area contributed by atoms with E-state index in [0.717, 1.165) is 0 Å². The Morgan fingerprint density at radius 2 is 2.11 bits per heavy atom. The number of halogens is 3. The van der Waals surface area contributed by atoms with Crippen LogP contribution in [0.5, 0.6) is 0 Å². The summed E-state index contributed by atoms with van der Waals surface area (Å²) in [6.07, 6.45) is 4.34. The van der Waals surface area contributed by atoms with Crippen molar-refractivity contribution in [2.75, 3.05) is 0 Å². The lowest BCUT2D eigenvalue weighted by Gasteiger charge is -1.99. The predicted molar refractivity (Wildman–Crippen MR) is 104 cm³/mol. The third kappa shape index (κ3) is 4.65. The van der Waals surface area contributed by atoms with Crippen molar-refractivity contribution >= 4 is 56.8 Å². The van der Waals surface area contributed by atoms with Gasteiger partial charge in [-0.25, -0.2) is 0 Å². The van der Waals surface area contributed by atoms with Gasteiger partial charge in [-0.15, -0.1) is 0 Å². The molecule has 0 bridgehead atoms. The van der Waals surface area contributed by atoms with Crippen LogP contribution in [0.3, 0.4) is 0 Å². The number of rotatable bonds is 6. The Bertz CT molecular complexity index is 1060. The number of furan rings is 1. The molecule has 0 radical (unpaired) electrons. The molecule has 0 N–H and O–H groups in total. The molecule has 0 aliphatic rings. The van der Waals surface area contributed by atoms with Gasteiger partial charge in [0, 0.05) is 10.6 Å². The highest BCUT2D eigenvalue weighted by atomic mass is 79.9. The van der Waals surface area contributed by atoms with Gasteiger partial charge in [0.1, 0.15) is 22.5 Å². The standard InChI is InChI=1S/C17H10BrCl2N3O4/c18-14-9-22(21-17(14)23(25)26)8-12-3-2-11(27-12)4-6-16(24)13-5-1-10(19)7-15(13)20/h1-7,9H,8H2/b6-4+. The molecule has 10 heteroatoms. The minimum absolute atomic E-state index is 0.206. The quantitative estimate of drug-likeness (QED) is 0.208. The fraction of sp³-hybridized carbons (Fsp3) is 0.0588. The van der Waals surface area contributed by atoms with E-state index in [0.29, 0.717) is 22.1 Å². The Morgan fingerprint density at radius 3 is 2.78 bits per heavy atom. The molecule has 2 heterocycles. The van der Waals surface area contributed by atoms with Gasteiger partial charge in [-0.05, 0) is 63.3 Å². The van der Waals surface area contributed by atoms with Crippen LogP contribution in [0.15, 0.2) is 51.5 Å². The zero-order valence-corrected chi connectivity index (χ0v) is 16.5. The Hall–Kier alpha value is -2.42. The van der Waals surface area contributed by atoms with E-state index in [9.17, 15) is 14.9 Å². The van der Waals surface area contributed by atoms with Crippen molar-refractivity contribution in [3.05, 3.63) is 84.3 Å². The molecule has 27 heavy (non-hydrogen) atoms. The molecule has 0 aliphatic carbocycles. The van der Waals surface area contributed by atoms with Crippen LogP contribution >= 0.6 is 39.1 Å². The van der Waals surface area contributed by atoms with Gasteiger partial charge < -0.3 is 14.5 Å². The maximum atomic E-state index is 12.2. The van der Waals surface area contributed by atoms with E-state index < -0.39 is 4.92 Å². The van der Waals surface area contributed by atoms with Crippen LogP contribution in [0, 0.1) is 10.1 Å². The van der Waals surface area contributed by atoms with Crippen molar-refractivity contribution in [1.82, 2.24) is 9.78 Å². The molecule has 0 saturated heterocycles. The SMILES string of the molecule is O=C(/C=C/c1ccc(Cn2cc(Br)c([N+](=O)[O-])n2)o1)c1ccc(Cl)cc1Cl. The van der Waals surface area contributed by atoms with Crippen LogP contribution in [0.1, 0.15) is 21.9 Å². The van der Waals surface area contributed by atoms with Gasteiger partial charge in [0.25, 0.3) is 0 Å². The van der Waals surface area contributed by atoms with E-state index in [1.165, 1.54) is 29.1 Å². The Morgan fingerprint density at radius 1 is 1.33 bits per heavy atom. The smallest absolute Gasteiger partial charge is 0.404 e. The van der Waals surface area contributed by atoms with Gasteiger partial charge in [-0.1, -0.05) is 23.2 Å². The van der Waals surface area contributed by atoms with Gasteiger partial charge in [0.2, 0.25) is 0 Å². The summed E-state index contributed by atoms with van der Waals surface area (Å²) >= 11 is 14.9. The van der Waals surface area contributed by atoms with Gasteiger partial charge in [-0.2, -0.15) is 4.68 Å². The summed E-state index contributed by atoms with van der Waals surface area (Å²) < 4.78 is 7.26. The first-order valence-electron chi connectivity index (χ1n) is 7.47. The van der Waals surface area contributed by atoms with E-state index in [-0.39, 0.29) is 27.6 Å². The Kier molecular flexibility index (Phi) is 5.79. The second-order valence-corrected chi connectivity index (χ2v) is 7.08. The summed E-state index contributed by atoms with van der Waals surface area (Å²) in [5.74, 6) is 0.411. The molecule has 3 aromatic rings. The molecule has 0 atom stereocenters. The summed E-state index contributed by atoms with van der Waals surface area (Å²) in [5.41, 5.74) is 0.331. The van der Waals surface area contributed by atoms with Crippen molar-refractivity contribution in [3.63, 3.8) is 0 Å². The van der Waals surface area contributed by atoms with Crippen molar-refractivity contribution in [2.24, 2.45) is 0 Å². The van der Waals surface area contributed by atoms with Crippen molar-refractivity contribution in [2.45, 2.75) is 6.54 Å². The van der Waals surface area contributed by atoms with Gasteiger partial charge in [0.05, 0.1) is 16.3 Å². The molecule has 0 saturated carbocycles. The average Bonchev–Trinajstić information content (AvgIpc) is 3.19. The highest BCUT2D eigenvalue weighted by Crippen LogP contribution is 2.24. The number of hydrogen-bond acceptors (Lipinski definition) is 5. The summed E-state index contributed by atoms with van der Waals surface area (Å²) in [4.78, 5) is 22.5. The van der Waals surface area contributed by atoms with Crippen LogP contribution in [0.4, 0.5) is 5.82 Å². The van der Waals surface area contributed by atoms with E-state index in [4.69, 9.17) is 27.6 Å². The van der Waals surface area contributed by atoms with Gasteiger partial charge in [0.15, 0.2) is 5.78 Å². The fourth-order valence-electron chi connectivity index (χ4n) is 2.26. The summed E-state index contributed by atoms with van der Waals surface area (Å²) in [7, 11) is 0. The molecule has 0 spiro atoms. The highest BCUT2D eigenvalue weighted by Gasteiger charge is 2.19. The van der Waals surface area contributed by atoms with E-state index in [2.05, 4.69) is 21.0 Å². The van der Waals surface area contributed by atoms with Crippen LogP contribution in [-0.4, -0.2) is 20.5 Å². The predicted octanol–water partition coefficient (Wildman–Crippen LogP) is 5.40. The second kappa shape index (κ2) is 8.08. The van der Waals surface area contributed by atoms with Crippen LogP contribution in [0.2, 0.25) is 10.0 Å². The number of aromatic nitrogens is 2. The Labute approximate surface area is 171 Å². The zero-order valence-electron chi connectivity index (χ0n) is 13.4. The average molecular weight is 471 g/mol. The first-order chi connectivity index (χ1) is 12.8. The van der Waals surface area contributed by atoms with Crippen LogP contribution in [-0.2, 0) is 6.54 Å². The molecule has 3 rings (SSSR count). The minimum atomic E-state index is -0.579. The monoisotopic (exact) mass is 469 g/mol. The molecule has 1 aromatic carbocycles. The zero-order chi connectivity index (χ0) is 19.6. The van der Waals surface area contributed by atoms with Crippen molar-refractivity contribution < 1.29 is 14.1 Å². The topological polar surface area (TPSA) is 91.2 Å². The highest BCUT2D eigenvalue weighted by molar-refractivity contribution is 9.10. The number of nitrogens with zero attached hydrogens (tertiary/aromatic N) is 3. The maximum Gasteiger partial charge on any atom is 0.404 e. The number of nitro groups is 1. The van der Waals surface area contributed by atoms with Gasteiger partial charge >= 0.3 is 5.82 Å². The molecule has 0 aliphatic heterocycles. The van der Waals surface area contributed by atoms with E-state index in [1.807, 2.05) is 0 Å². The first-order valence-corrected chi connectivity index (χ1v) is 9.02. The number of hydrogen-bond donors (Lipinski definition) is 0. The molecule has 0 unspecified atom stereocenters. The molecular weight excluding hydrogens is 461 g/mol. The molecule has 2 aromatic heterocycles. The lowest BCUT2D eigenvalue weighted by Crippen LogP contribution is -2.00. The number of benzene rings is 1.